The van der Waals surface area contributed by atoms with Gasteiger partial charge in [-0.05, 0) is 54.6 Å². The van der Waals surface area contributed by atoms with Gasteiger partial charge in [-0.2, -0.15) is 18.2 Å². The summed E-state index contributed by atoms with van der Waals surface area (Å²) < 4.78 is 67.4. The Morgan fingerprint density at radius 3 is 2.18 bits per heavy atom. The van der Waals surface area contributed by atoms with E-state index in [4.69, 9.17) is 0 Å². The smallest absolute Gasteiger partial charge is 0.355 e. The van der Waals surface area contributed by atoms with Crippen molar-refractivity contribution in [2.24, 2.45) is 0 Å². The Balaban J connectivity index is 1.54. The number of aromatic nitrogens is 2. The molecule has 1 aromatic heterocycles. The molecule has 0 saturated carbocycles. The Labute approximate surface area is 218 Å². The molecule has 200 valence electrons. The molecule has 0 aliphatic heterocycles. The maximum Gasteiger partial charge on any atom is 0.421 e. The van der Waals surface area contributed by atoms with Crippen LogP contribution < -0.4 is 21.3 Å². The molecule has 0 unspecified atom stereocenters. The number of amides is 2. The molecule has 1 heterocycles. The van der Waals surface area contributed by atoms with E-state index in [2.05, 4.69) is 31.2 Å². The molecule has 4 rings (SSSR count). The summed E-state index contributed by atoms with van der Waals surface area (Å²) in [6.07, 6.45) is -4.17. The second kappa shape index (κ2) is 11.1. The van der Waals surface area contributed by atoms with Crippen LogP contribution in [-0.2, 0) is 6.18 Å². The third-order valence-corrected chi connectivity index (χ3v) is 5.33. The summed E-state index contributed by atoms with van der Waals surface area (Å²) in [5.41, 5.74) is -0.327. The van der Waals surface area contributed by atoms with E-state index in [-0.39, 0.29) is 22.8 Å². The molecule has 0 spiro atoms. The van der Waals surface area contributed by atoms with E-state index in [1.54, 1.807) is 12.1 Å². The number of carbonyl (C=O) groups is 2. The van der Waals surface area contributed by atoms with Gasteiger partial charge in [0, 0.05) is 30.2 Å². The Bertz CT molecular complexity index is 1530. The minimum absolute atomic E-state index is 0.0905. The number of hydrogen-bond donors (Lipinski definition) is 4. The van der Waals surface area contributed by atoms with Crippen molar-refractivity contribution in [1.29, 1.82) is 0 Å². The third kappa shape index (κ3) is 6.44. The number of rotatable bonds is 7. The van der Waals surface area contributed by atoms with Crippen LogP contribution in [0.2, 0.25) is 0 Å². The number of para-hydroxylation sites is 1. The Kier molecular flexibility index (Phi) is 7.70. The normalized spacial score (nSPS) is 11.0. The lowest BCUT2D eigenvalue weighted by Gasteiger charge is -2.16. The summed E-state index contributed by atoms with van der Waals surface area (Å²) >= 11 is 0. The highest BCUT2D eigenvalue weighted by Gasteiger charge is 2.35. The number of hydrogen-bond acceptors (Lipinski definition) is 6. The van der Waals surface area contributed by atoms with Gasteiger partial charge in [-0.3, -0.25) is 9.59 Å². The van der Waals surface area contributed by atoms with Crippen LogP contribution >= 0.6 is 0 Å². The Morgan fingerprint density at radius 1 is 0.821 bits per heavy atom. The van der Waals surface area contributed by atoms with E-state index < -0.39 is 41.0 Å². The zero-order chi connectivity index (χ0) is 28.2. The van der Waals surface area contributed by atoms with E-state index in [0.717, 1.165) is 18.2 Å². The van der Waals surface area contributed by atoms with Gasteiger partial charge in [0.1, 0.15) is 11.4 Å². The number of anilines is 5. The van der Waals surface area contributed by atoms with Crippen molar-refractivity contribution in [3.63, 3.8) is 0 Å². The van der Waals surface area contributed by atoms with Crippen LogP contribution in [0.5, 0.6) is 0 Å². The molecule has 0 saturated heterocycles. The van der Waals surface area contributed by atoms with E-state index in [9.17, 15) is 31.5 Å². The number of carbonyl (C=O) groups excluding carboxylic acids is 2. The van der Waals surface area contributed by atoms with Crippen LogP contribution in [0.3, 0.4) is 0 Å². The Hall–Kier alpha value is -5.07. The first-order valence-electron chi connectivity index (χ1n) is 11.2. The molecule has 4 aromatic rings. The van der Waals surface area contributed by atoms with E-state index in [1.807, 2.05) is 0 Å². The van der Waals surface area contributed by atoms with E-state index >= 15 is 0 Å². The summed E-state index contributed by atoms with van der Waals surface area (Å²) in [5.74, 6) is -4.18. The SMILES string of the molecule is CNC(=O)c1ccccc1Nc1nc(Nc2ccc(NC(=O)c3ccc(F)c(F)c3)cc2)ncc1C(F)(F)F. The molecule has 0 bridgehead atoms. The molecular weight excluding hydrogens is 523 g/mol. The van der Waals surface area contributed by atoms with Crippen molar-refractivity contribution in [1.82, 2.24) is 15.3 Å². The highest BCUT2D eigenvalue weighted by atomic mass is 19.4. The molecule has 3 aromatic carbocycles. The summed E-state index contributed by atoms with van der Waals surface area (Å²) in [7, 11) is 1.40. The molecule has 0 atom stereocenters. The first kappa shape index (κ1) is 27.0. The number of alkyl halides is 3. The van der Waals surface area contributed by atoms with Gasteiger partial charge in [0.05, 0.1) is 11.3 Å². The first-order chi connectivity index (χ1) is 18.5. The topological polar surface area (TPSA) is 108 Å². The number of halogens is 5. The lowest BCUT2D eigenvalue weighted by molar-refractivity contribution is -0.137. The zero-order valence-corrected chi connectivity index (χ0v) is 20.0. The molecule has 13 heteroatoms. The third-order valence-electron chi connectivity index (χ3n) is 5.33. The second-order valence-electron chi connectivity index (χ2n) is 7.99. The highest BCUT2D eigenvalue weighted by Crippen LogP contribution is 2.36. The van der Waals surface area contributed by atoms with Gasteiger partial charge in [0.25, 0.3) is 11.8 Å². The molecule has 4 N–H and O–H groups in total. The molecule has 0 fully saturated rings. The van der Waals surface area contributed by atoms with Crippen molar-refractivity contribution in [2.45, 2.75) is 6.18 Å². The molecule has 2 amide bonds. The summed E-state index contributed by atoms with van der Waals surface area (Å²) in [6, 6.07) is 14.7. The standard InChI is InChI=1S/C26H19F5N6O2/c1-32-24(39)17-4-2-3-5-21(17)36-22-18(26(29,30)31)13-33-25(37-22)35-16-9-7-15(8-10-16)34-23(38)14-6-11-19(27)20(28)12-14/h2-13H,1H3,(H,32,39)(H,34,38)(H2,33,35,36,37). The van der Waals surface area contributed by atoms with Crippen LogP contribution in [-0.4, -0.2) is 28.8 Å². The van der Waals surface area contributed by atoms with E-state index in [1.165, 1.54) is 43.4 Å². The van der Waals surface area contributed by atoms with Crippen LogP contribution in [0.15, 0.2) is 72.9 Å². The van der Waals surface area contributed by atoms with Crippen LogP contribution in [0.4, 0.5) is 50.8 Å². The molecule has 0 radical (unpaired) electrons. The number of benzene rings is 3. The maximum absolute atomic E-state index is 13.7. The second-order valence-corrected chi connectivity index (χ2v) is 7.99. The molecular formula is C26H19F5N6O2. The van der Waals surface area contributed by atoms with E-state index in [0.29, 0.717) is 17.6 Å². The van der Waals surface area contributed by atoms with Gasteiger partial charge in [0.15, 0.2) is 11.6 Å². The fourth-order valence-electron chi connectivity index (χ4n) is 3.40. The van der Waals surface area contributed by atoms with Crippen LogP contribution in [0, 0.1) is 11.6 Å². The highest BCUT2D eigenvalue weighted by molar-refractivity contribution is 6.04. The van der Waals surface area contributed by atoms with Gasteiger partial charge < -0.3 is 21.3 Å². The van der Waals surface area contributed by atoms with Crippen molar-refractivity contribution in [2.75, 3.05) is 23.0 Å². The lowest BCUT2D eigenvalue weighted by atomic mass is 10.1. The number of nitrogens with one attached hydrogen (secondary N) is 4. The molecule has 0 aliphatic rings. The average molecular weight is 542 g/mol. The van der Waals surface area contributed by atoms with Gasteiger partial charge in [-0.25, -0.2) is 13.8 Å². The van der Waals surface area contributed by atoms with Crippen LogP contribution in [0.25, 0.3) is 0 Å². The fraction of sp³-hybridized carbons (Fsp3) is 0.0769. The predicted molar refractivity (Wildman–Crippen MR) is 134 cm³/mol. The first-order valence-corrected chi connectivity index (χ1v) is 11.2. The summed E-state index contributed by atoms with van der Waals surface area (Å²) in [4.78, 5) is 32.1. The van der Waals surface area contributed by atoms with Gasteiger partial charge >= 0.3 is 6.18 Å². The molecule has 39 heavy (non-hydrogen) atoms. The minimum Gasteiger partial charge on any atom is -0.355 e. The number of nitrogens with zero attached hydrogens (tertiary/aromatic N) is 2. The predicted octanol–water partition coefficient (Wildman–Crippen LogP) is 5.87. The van der Waals surface area contributed by atoms with Crippen LogP contribution in [0.1, 0.15) is 26.3 Å². The largest absolute Gasteiger partial charge is 0.421 e. The minimum atomic E-state index is -4.78. The van der Waals surface area contributed by atoms with Gasteiger partial charge in [-0.1, -0.05) is 12.1 Å². The van der Waals surface area contributed by atoms with Crippen molar-refractivity contribution in [3.8, 4) is 0 Å². The fourth-order valence-corrected chi connectivity index (χ4v) is 3.40. The van der Waals surface area contributed by atoms with Crippen molar-refractivity contribution in [3.05, 3.63) is 101 Å². The summed E-state index contributed by atoms with van der Waals surface area (Å²) in [5, 5.41) is 10.3. The van der Waals surface area contributed by atoms with Gasteiger partial charge in [0.2, 0.25) is 5.95 Å². The summed E-state index contributed by atoms with van der Waals surface area (Å²) in [6.45, 7) is 0. The van der Waals surface area contributed by atoms with Crippen molar-refractivity contribution >= 4 is 40.6 Å². The maximum atomic E-state index is 13.7. The molecule has 8 nitrogen and oxygen atoms in total. The van der Waals surface area contributed by atoms with Crippen molar-refractivity contribution < 1.29 is 31.5 Å². The average Bonchev–Trinajstić information content (AvgIpc) is 2.90. The monoisotopic (exact) mass is 542 g/mol. The van der Waals surface area contributed by atoms with Gasteiger partial charge in [-0.15, -0.1) is 0 Å². The molecule has 0 aliphatic carbocycles. The Morgan fingerprint density at radius 2 is 1.51 bits per heavy atom. The lowest BCUT2D eigenvalue weighted by Crippen LogP contribution is -2.20. The quantitative estimate of drug-likeness (QED) is 0.218. The zero-order valence-electron chi connectivity index (χ0n) is 20.0.